The van der Waals surface area contributed by atoms with Gasteiger partial charge in [-0.15, -0.1) is 0 Å². The van der Waals surface area contributed by atoms with Crippen LogP contribution in [-0.2, 0) is 14.8 Å². The molecule has 168 valence electrons. The van der Waals surface area contributed by atoms with E-state index in [0.717, 1.165) is 9.87 Å². The molecule has 1 amide bonds. The summed E-state index contributed by atoms with van der Waals surface area (Å²) in [7, 11) is -2.76. The lowest BCUT2D eigenvalue weighted by Crippen LogP contribution is -2.38. The first-order valence-electron chi connectivity index (χ1n) is 9.29. The quantitative estimate of drug-likeness (QED) is 0.433. The van der Waals surface area contributed by atoms with Crippen molar-refractivity contribution in [2.75, 3.05) is 23.3 Å². The molecule has 32 heavy (non-hydrogen) atoms. The zero-order valence-corrected chi connectivity index (χ0v) is 20.2. The third-order valence-electron chi connectivity index (χ3n) is 4.51. The second-order valence-electron chi connectivity index (χ2n) is 6.82. The molecule has 0 heterocycles. The number of hydrogen-bond donors (Lipinski definition) is 1. The Morgan fingerprint density at radius 2 is 1.59 bits per heavy atom. The Hall–Kier alpha value is -2.45. The molecule has 0 aromatic heterocycles. The smallest absolute Gasteiger partial charge is 0.264 e. The molecule has 0 aliphatic heterocycles. The number of sulfonamides is 1. The van der Waals surface area contributed by atoms with Crippen LogP contribution in [0, 0.1) is 6.92 Å². The maximum Gasteiger partial charge on any atom is 0.264 e. The first-order chi connectivity index (χ1) is 15.1. The van der Waals surface area contributed by atoms with E-state index in [1.54, 1.807) is 36.4 Å². The summed E-state index contributed by atoms with van der Waals surface area (Å²) in [4.78, 5) is 12.8. The number of carbonyl (C=O) groups is 1. The van der Waals surface area contributed by atoms with Crippen molar-refractivity contribution in [2.24, 2.45) is 0 Å². The lowest BCUT2D eigenvalue weighted by molar-refractivity contribution is -0.114. The standard InChI is InChI=1S/C22H19Cl3N2O4S/c1-14-3-9-17(10-4-14)32(29,30)27(20-12-21(31-2)19(25)11-18(20)24)13-22(28)26-16-7-5-15(23)6-8-16/h3-12H,13H2,1-2H3,(H,26,28). The molecule has 0 radical (unpaired) electrons. The highest BCUT2D eigenvalue weighted by Gasteiger charge is 2.30. The fraction of sp³-hybridized carbons (Fsp3) is 0.136. The minimum absolute atomic E-state index is 0.00683. The molecule has 0 saturated carbocycles. The summed E-state index contributed by atoms with van der Waals surface area (Å²) in [6.45, 7) is 1.30. The summed E-state index contributed by atoms with van der Waals surface area (Å²) in [5, 5.41) is 3.42. The van der Waals surface area contributed by atoms with Crippen LogP contribution >= 0.6 is 34.8 Å². The molecule has 1 N–H and O–H groups in total. The largest absolute Gasteiger partial charge is 0.495 e. The molecule has 3 aromatic carbocycles. The Balaban J connectivity index is 2.04. The second-order valence-corrected chi connectivity index (χ2v) is 9.93. The molecule has 0 bridgehead atoms. The van der Waals surface area contributed by atoms with Crippen molar-refractivity contribution in [3.8, 4) is 5.75 Å². The van der Waals surface area contributed by atoms with Gasteiger partial charge < -0.3 is 10.1 Å². The van der Waals surface area contributed by atoms with Gasteiger partial charge in [-0.3, -0.25) is 9.10 Å². The van der Waals surface area contributed by atoms with E-state index in [-0.39, 0.29) is 26.4 Å². The fourth-order valence-electron chi connectivity index (χ4n) is 2.87. The molecular weight excluding hydrogens is 495 g/mol. The predicted molar refractivity (Wildman–Crippen MR) is 129 cm³/mol. The molecular formula is C22H19Cl3N2O4S. The van der Waals surface area contributed by atoms with Crippen LogP contribution in [0.1, 0.15) is 5.56 Å². The summed E-state index contributed by atoms with van der Waals surface area (Å²) in [6.07, 6.45) is 0. The van der Waals surface area contributed by atoms with Gasteiger partial charge in [0.05, 0.1) is 27.7 Å². The number of halogens is 3. The third-order valence-corrected chi connectivity index (χ3v) is 7.14. The van der Waals surface area contributed by atoms with Crippen molar-refractivity contribution in [1.82, 2.24) is 0 Å². The number of anilines is 2. The molecule has 3 rings (SSSR count). The van der Waals surface area contributed by atoms with E-state index in [4.69, 9.17) is 39.5 Å². The maximum absolute atomic E-state index is 13.5. The number of benzene rings is 3. The topological polar surface area (TPSA) is 75.7 Å². The van der Waals surface area contributed by atoms with Crippen LogP contribution in [0.4, 0.5) is 11.4 Å². The second kappa shape index (κ2) is 10.0. The number of rotatable bonds is 7. The third kappa shape index (κ3) is 5.48. The van der Waals surface area contributed by atoms with E-state index in [1.165, 1.54) is 31.4 Å². The van der Waals surface area contributed by atoms with Gasteiger partial charge in [0.15, 0.2) is 0 Å². The zero-order valence-electron chi connectivity index (χ0n) is 17.1. The van der Waals surface area contributed by atoms with Crippen molar-refractivity contribution in [3.05, 3.63) is 81.3 Å². The van der Waals surface area contributed by atoms with Gasteiger partial charge in [0.25, 0.3) is 10.0 Å². The number of nitrogens with one attached hydrogen (secondary N) is 1. The highest BCUT2D eigenvalue weighted by Crippen LogP contribution is 2.38. The van der Waals surface area contributed by atoms with E-state index in [1.807, 2.05) is 6.92 Å². The minimum Gasteiger partial charge on any atom is -0.495 e. The van der Waals surface area contributed by atoms with E-state index in [0.29, 0.717) is 10.7 Å². The molecule has 0 atom stereocenters. The van der Waals surface area contributed by atoms with Crippen LogP contribution in [0.15, 0.2) is 65.6 Å². The first kappa shape index (κ1) is 24.2. The molecule has 3 aromatic rings. The normalized spacial score (nSPS) is 11.2. The van der Waals surface area contributed by atoms with Crippen molar-refractivity contribution in [2.45, 2.75) is 11.8 Å². The van der Waals surface area contributed by atoms with Gasteiger partial charge >= 0.3 is 0 Å². The first-order valence-corrected chi connectivity index (χ1v) is 11.9. The molecule has 0 fully saturated rings. The summed E-state index contributed by atoms with van der Waals surface area (Å²) in [6, 6.07) is 15.5. The summed E-state index contributed by atoms with van der Waals surface area (Å²) in [5.41, 5.74) is 1.41. The molecule has 10 heteroatoms. The van der Waals surface area contributed by atoms with Crippen molar-refractivity contribution >= 4 is 62.1 Å². The maximum atomic E-state index is 13.5. The van der Waals surface area contributed by atoms with Crippen LogP contribution < -0.4 is 14.4 Å². The average Bonchev–Trinajstić information content (AvgIpc) is 2.74. The average molecular weight is 514 g/mol. The number of methoxy groups -OCH3 is 1. The summed E-state index contributed by atoms with van der Waals surface area (Å²) < 4.78 is 33.2. The van der Waals surface area contributed by atoms with Crippen LogP contribution in [0.3, 0.4) is 0 Å². The van der Waals surface area contributed by atoms with E-state index >= 15 is 0 Å². The summed E-state index contributed by atoms with van der Waals surface area (Å²) >= 11 is 18.3. The Morgan fingerprint density at radius 1 is 0.969 bits per heavy atom. The number of hydrogen-bond acceptors (Lipinski definition) is 4. The monoisotopic (exact) mass is 512 g/mol. The SMILES string of the molecule is COc1cc(N(CC(=O)Nc2ccc(Cl)cc2)S(=O)(=O)c2ccc(C)cc2)c(Cl)cc1Cl. The van der Waals surface area contributed by atoms with Gasteiger partial charge in [-0.2, -0.15) is 0 Å². The number of ether oxygens (including phenoxy) is 1. The molecule has 0 saturated heterocycles. The Kier molecular flexibility index (Phi) is 7.56. The zero-order chi connectivity index (χ0) is 23.5. The fourth-order valence-corrected chi connectivity index (χ4v) is 5.04. The van der Waals surface area contributed by atoms with Gasteiger partial charge in [-0.05, 0) is 49.4 Å². The van der Waals surface area contributed by atoms with Crippen molar-refractivity contribution < 1.29 is 17.9 Å². The minimum atomic E-state index is -4.16. The van der Waals surface area contributed by atoms with Crippen LogP contribution in [0.25, 0.3) is 0 Å². The number of amides is 1. The lowest BCUT2D eigenvalue weighted by atomic mass is 10.2. The van der Waals surface area contributed by atoms with Gasteiger partial charge in [0.2, 0.25) is 5.91 Å². The Bertz CT molecular complexity index is 1230. The van der Waals surface area contributed by atoms with Crippen LogP contribution in [-0.4, -0.2) is 28.0 Å². The van der Waals surface area contributed by atoms with E-state index in [2.05, 4.69) is 5.32 Å². The highest BCUT2D eigenvalue weighted by atomic mass is 35.5. The number of nitrogens with zero attached hydrogens (tertiary/aromatic N) is 1. The van der Waals surface area contributed by atoms with Crippen molar-refractivity contribution in [3.63, 3.8) is 0 Å². The van der Waals surface area contributed by atoms with E-state index < -0.39 is 22.5 Å². The molecule has 0 aliphatic carbocycles. The van der Waals surface area contributed by atoms with Crippen LogP contribution in [0.2, 0.25) is 15.1 Å². The molecule has 0 aliphatic rings. The highest BCUT2D eigenvalue weighted by molar-refractivity contribution is 7.92. The van der Waals surface area contributed by atoms with Gasteiger partial charge in [-0.25, -0.2) is 8.42 Å². The number of carbonyl (C=O) groups excluding carboxylic acids is 1. The number of aryl methyl sites for hydroxylation is 1. The lowest BCUT2D eigenvalue weighted by Gasteiger charge is -2.25. The van der Waals surface area contributed by atoms with Gasteiger partial charge in [0, 0.05) is 16.8 Å². The van der Waals surface area contributed by atoms with Crippen molar-refractivity contribution in [1.29, 1.82) is 0 Å². The van der Waals surface area contributed by atoms with Crippen LogP contribution in [0.5, 0.6) is 5.75 Å². The molecule has 0 unspecified atom stereocenters. The molecule has 0 spiro atoms. The van der Waals surface area contributed by atoms with Gasteiger partial charge in [-0.1, -0.05) is 52.5 Å². The Labute approximate surface area is 201 Å². The summed E-state index contributed by atoms with van der Waals surface area (Å²) in [5.74, 6) is -0.360. The van der Waals surface area contributed by atoms with Gasteiger partial charge in [0.1, 0.15) is 12.3 Å². The Morgan fingerprint density at radius 3 is 2.19 bits per heavy atom. The molecule has 6 nitrogen and oxygen atoms in total. The van der Waals surface area contributed by atoms with E-state index in [9.17, 15) is 13.2 Å². The predicted octanol–water partition coefficient (Wildman–Crippen LogP) is 5.80.